The van der Waals surface area contributed by atoms with Crippen molar-refractivity contribution in [3.05, 3.63) is 83.7 Å². The molecule has 0 saturated heterocycles. The number of nitrogens with zero attached hydrogens (tertiary/aromatic N) is 3. The van der Waals surface area contributed by atoms with Gasteiger partial charge in [0.25, 0.3) is 5.91 Å². The van der Waals surface area contributed by atoms with E-state index in [1.54, 1.807) is 30.1 Å². The summed E-state index contributed by atoms with van der Waals surface area (Å²) < 4.78 is 6.99. The minimum absolute atomic E-state index is 0.274. The minimum atomic E-state index is -0.274. The first-order valence-electron chi connectivity index (χ1n) is 8.96. The van der Waals surface area contributed by atoms with Crippen LogP contribution in [0.25, 0.3) is 10.9 Å². The second-order valence-electron chi connectivity index (χ2n) is 6.57. The Labute approximate surface area is 162 Å². The van der Waals surface area contributed by atoms with Crippen LogP contribution in [0.2, 0.25) is 0 Å². The highest BCUT2D eigenvalue weighted by atomic mass is 16.5. The molecule has 0 bridgehead atoms. The first kappa shape index (κ1) is 17.7. The van der Waals surface area contributed by atoms with E-state index < -0.39 is 0 Å². The predicted octanol–water partition coefficient (Wildman–Crippen LogP) is 4.05. The van der Waals surface area contributed by atoms with E-state index >= 15 is 0 Å². The summed E-state index contributed by atoms with van der Waals surface area (Å²) in [6.45, 7) is 2.63. The number of benzene rings is 2. The van der Waals surface area contributed by atoms with Gasteiger partial charge in [-0.15, -0.1) is 0 Å². The SMILES string of the molecule is COc1ccc2nc(C(=O)Nc3ccnn3Cc3cccc(C)c3)ccc2c1. The Kier molecular flexibility index (Phi) is 4.76. The van der Waals surface area contributed by atoms with E-state index in [1.807, 2.05) is 36.4 Å². The molecule has 6 heteroatoms. The average molecular weight is 372 g/mol. The second-order valence-corrected chi connectivity index (χ2v) is 6.57. The van der Waals surface area contributed by atoms with Crippen LogP contribution >= 0.6 is 0 Å². The van der Waals surface area contributed by atoms with Crippen molar-refractivity contribution in [2.75, 3.05) is 12.4 Å². The maximum Gasteiger partial charge on any atom is 0.275 e. The van der Waals surface area contributed by atoms with Gasteiger partial charge in [0.2, 0.25) is 0 Å². The lowest BCUT2D eigenvalue weighted by Gasteiger charge is -2.10. The fourth-order valence-electron chi connectivity index (χ4n) is 3.09. The Morgan fingerprint density at radius 3 is 2.82 bits per heavy atom. The maximum atomic E-state index is 12.7. The van der Waals surface area contributed by atoms with Crippen molar-refractivity contribution in [1.29, 1.82) is 0 Å². The molecule has 0 aliphatic heterocycles. The van der Waals surface area contributed by atoms with Crippen LogP contribution in [0.15, 0.2) is 66.9 Å². The second kappa shape index (κ2) is 7.52. The highest BCUT2D eigenvalue weighted by Gasteiger charge is 2.12. The van der Waals surface area contributed by atoms with Crippen LogP contribution in [0.3, 0.4) is 0 Å². The summed E-state index contributed by atoms with van der Waals surface area (Å²) >= 11 is 0. The average Bonchev–Trinajstić information content (AvgIpc) is 3.13. The molecule has 0 aliphatic carbocycles. The van der Waals surface area contributed by atoms with E-state index in [1.165, 1.54) is 5.56 Å². The molecule has 2 aromatic heterocycles. The third-order valence-electron chi connectivity index (χ3n) is 4.50. The molecule has 0 fully saturated rings. The summed E-state index contributed by atoms with van der Waals surface area (Å²) in [5.74, 6) is 1.11. The number of rotatable bonds is 5. The maximum absolute atomic E-state index is 12.7. The molecule has 0 radical (unpaired) electrons. The van der Waals surface area contributed by atoms with Crippen molar-refractivity contribution in [2.45, 2.75) is 13.5 Å². The van der Waals surface area contributed by atoms with E-state index in [-0.39, 0.29) is 5.91 Å². The molecule has 140 valence electrons. The van der Waals surface area contributed by atoms with Gasteiger partial charge in [-0.2, -0.15) is 5.10 Å². The number of ether oxygens (including phenoxy) is 1. The molecular weight excluding hydrogens is 352 g/mol. The number of amides is 1. The zero-order valence-corrected chi connectivity index (χ0v) is 15.7. The van der Waals surface area contributed by atoms with Gasteiger partial charge < -0.3 is 10.1 Å². The predicted molar refractivity (Wildman–Crippen MR) is 109 cm³/mol. The van der Waals surface area contributed by atoms with Crippen LogP contribution in [-0.4, -0.2) is 27.8 Å². The molecule has 0 atom stereocenters. The number of methoxy groups -OCH3 is 1. The lowest BCUT2D eigenvalue weighted by molar-refractivity contribution is 0.102. The first-order valence-corrected chi connectivity index (χ1v) is 8.96. The van der Waals surface area contributed by atoms with E-state index in [0.717, 1.165) is 22.2 Å². The van der Waals surface area contributed by atoms with E-state index in [4.69, 9.17) is 4.74 Å². The Morgan fingerprint density at radius 1 is 1.11 bits per heavy atom. The number of aromatic nitrogens is 3. The normalized spacial score (nSPS) is 10.8. The third kappa shape index (κ3) is 3.71. The van der Waals surface area contributed by atoms with Gasteiger partial charge in [0.15, 0.2) is 0 Å². The molecular formula is C22H20N4O2. The molecule has 0 spiro atoms. The Morgan fingerprint density at radius 2 is 2.00 bits per heavy atom. The van der Waals surface area contributed by atoms with Gasteiger partial charge in [0.1, 0.15) is 17.3 Å². The topological polar surface area (TPSA) is 69.0 Å². The summed E-state index contributed by atoms with van der Waals surface area (Å²) in [7, 11) is 1.62. The zero-order chi connectivity index (χ0) is 19.5. The lowest BCUT2D eigenvalue weighted by atomic mass is 10.1. The number of carbonyl (C=O) groups excluding carboxylic acids is 1. The molecule has 0 aliphatic rings. The zero-order valence-electron chi connectivity index (χ0n) is 15.7. The Hall–Kier alpha value is -3.67. The Balaban J connectivity index is 1.54. The summed E-state index contributed by atoms with van der Waals surface area (Å²) in [5, 5.41) is 8.14. The van der Waals surface area contributed by atoms with Gasteiger partial charge in [-0.1, -0.05) is 35.9 Å². The number of hydrogen-bond acceptors (Lipinski definition) is 4. The standard InChI is InChI=1S/C22H20N4O2/c1-15-4-3-5-16(12-15)14-26-21(10-11-23-26)25-22(27)20-8-6-17-13-18(28-2)7-9-19(17)24-20/h3-13H,14H2,1-2H3,(H,25,27). The number of anilines is 1. The van der Waals surface area contributed by atoms with Gasteiger partial charge in [-0.25, -0.2) is 9.67 Å². The molecule has 1 N–H and O–H groups in total. The molecule has 4 rings (SSSR count). The number of hydrogen-bond donors (Lipinski definition) is 1. The quantitative estimate of drug-likeness (QED) is 0.574. The first-order chi connectivity index (χ1) is 13.6. The molecule has 2 aromatic carbocycles. The number of nitrogens with one attached hydrogen (secondary N) is 1. The van der Waals surface area contributed by atoms with Gasteiger partial charge in [-0.3, -0.25) is 4.79 Å². The van der Waals surface area contributed by atoms with Crippen LogP contribution in [0.1, 0.15) is 21.6 Å². The van der Waals surface area contributed by atoms with E-state index in [0.29, 0.717) is 18.1 Å². The van der Waals surface area contributed by atoms with Crippen molar-refractivity contribution in [3.8, 4) is 5.75 Å². The molecule has 28 heavy (non-hydrogen) atoms. The highest BCUT2D eigenvalue weighted by Crippen LogP contribution is 2.20. The summed E-state index contributed by atoms with van der Waals surface area (Å²) in [6, 6.07) is 19.1. The van der Waals surface area contributed by atoms with Crippen molar-refractivity contribution in [2.24, 2.45) is 0 Å². The van der Waals surface area contributed by atoms with Gasteiger partial charge in [-0.05, 0) is 36.8 Å². The third-order valence-corrected chi connectivity index (χ3v) is 4.50. The molecule has 0 unspecified atom stereocenters. The monoisotopic (exact) mass is 372 g/mol. The lowest BCUT2D eigenvalue weighted by Crippen LogP contribution is -2.17. The highest BCUT2D eigenvalue weighted by molar-refractivity contribution is 6.03. The van der Waals surface area contributed by atoms with E-state index in [2.05, 4.69) is 34.5 Å². The fraction of sp³-hybridized carbons (Fsp3) is 0.136. The van der Waals surface area contributed by atoms with Crippen LogP contribution in [0, 0.1) is 6.92 Å². The summed E-state index contributed by atoms with van der Waals surface area (Å²) in [6.07, 6.45) is 1.67. The van der Waals surface area contributed by atoms with E-state index in [9.17, 15) is 4.79 Å². The summed E-state index contributed by atoms with van der Waals surface area (Å²) in [5.41, 5.74) is 3.40. The largest absolute Gasteiger partial charge is 0.497 e. The number of aryl methyl sites for hydroxylation is 1. The molecule has 1 amide bonds. The van der Waals surface area contributed by atoms with Crippen LogP contribution in [0.4, 0.5) is 5.82 Å². The Bertz CT molecular complexity index is 1150. The molecule has 6 nitrogen and oxygen atoms in total. The fourth-order valence-corrected chi connectivity index (χ4v) is 3.09. The van der Waals surface area contributed by atoms with Gasteiger partial charge >= 0.3 is 0 Å². The molecule has 2 heterocycles. The van der Waals surface area contributed by atoms with Gasteiger partial charge in [0.05, 0.1) is 25.4 Å². The van der Waals surface area contributed by atoms with Crippen LogP contribution < -0.4 is 10.1 Å². The number of carbonyl (C=O) groups is 1. The molecule has 4 aromatic rings. The van der Waals surface area contributed by atoms with Crippen molar-refractivity contribution in [1.82, 2.24) is 14.8 Å². The van der Waals surface area contributed by atoms with Crippen molar-refractivity contribution < 1.29 is 9.53 Å². The van der Waals surface area contributed by atoms with Crippen molar-refractivity contribution in [3.63, 3.8) is 0 Å². The minimum Gasteiger partial charge on any atom is -0.497 e. The molecule has 0 saturated carbocycles. The summed E-state index contributed by atoms with van der Waals surface area (Å²) in [4.78, 5) is 17.2. The van der Waals surface area contributed by atoms with Gasteiger partial charge in [0, 0.05) is 11.5 Å². The number of pyridine rings is 1. The smallest absolute Gasteiger partial charge is 0.275 e. The van der Waals surface area contributed by atoms with Crippen molar-refractivity contribution >= 4 is 22.6 Å². The number of fused-ring (bicyclic) bond motifs is 1. The van der Waals surface area contributed by atoms with Crippen LogP contribution in [0.5, 0.6) is 5.75 Å². The van der Waals surface area contributed by atoms with Crippen LogP contribution in [-0.2, 0) is 6.54 Å².